The Bertz CT molecular complexity index is 589. The van der Waals surface area contributed by atoms with Gasteiger partial charge in [0, 0.05) is 6.42 Å². The monoisotopic (exact) mass is 380 g/mol. The molecule has 4 atom stereocenters. The molecule has 0 radical (unpaired) electrons. The van der Waals surface area contributed by atoms with Crippen LogP contribution in [0.15, 0.2) is 24.3 Å². The molecule has 1 N–H and O–H groups in total. The van der Waals surface area contributed by atoms with Crippen LogP contribution in [0.2, 0.25) is 0 Å². The number of aryl methyl sites for hydroxylation is 1. The number of halogens is 1. The third-order valence-corrected chi connectivity index (χ3v) is 5.93. The maximum Gasteiger partial charge on any atom is 0.223 e. The van der Waals surface area contributed by atoms with Gasteiger partial charge in [0.25, 0.3) is 0 Å². The maximum atomic E-state index is 13.0. The molecule has 2 heterocycles. The van der Waals surface area contributed by atoms with Crippen LogP contribution in [0.3, 0.4) is 0 Å². The summed E-state index contributed by atoms with van der Waals surface area (Å²) in [6.45, 7) is 9.90. The summed E-state index contributed by atoms with van der Waals surface area (Å²) in [5.41, 5.74) is 2.44. The zero-order valence-electron chi connectivity index (χ0n) is 16.2. The van der Waals surface area contributed by atoms with E-state index in [4.69, 9.17) is 4.74 Å². The van der Waals surface area contributed by atoms with E-state index in [-0.39, 0.29) is 30.5 Å². The molecule has 146 valence electrons. The normalized spacial score (nSPS) is 27.5. The number of amides is 1. The zero-order valence-corrected chi connectivity index (χ0v) is 17.1. The van der Waals surface area contributed by atoms with E-state index < -0.39 is 0 Å². The number of nitrogens with zero attached hydrogens (tertiary/aromatic N) is 1. The number of rotatable bonds is 4. The fraction of sp³-hybridized carbons (Fsp3) is 0.667. The molecule has 5 heteroatoms. The van der Waals surface area contributed by atoms with Gasteiger partial charge in [0.1, 0.15) is 6.10 Å². The molecule has 0 bridgehead atoms. The quantitative estimate of drug-likeness (QED) is 0.865. The first-order valence-electron chi connectivity index (χ1n) is 9.73. The molecule has 4 unspecified atom stereocenters. The Morgan fingerprint density at radius 3 is 2.85 bits per heavy atom. The molecule has 0 saturated carbocycles. The van der Waals surface area contributed by atoms with Crippen molar-refractivity contribution in [1.29, 1.82) is 0 Å². The lowest BCUT2D eigenvalue weighted by atomic mass is 9.85. The summed E-state index contributed by atoms with van der Waals surface area (Å²) in [6.07, 6.45) is 3.11. The highest BCUT2D eigenvalue weighted by Gasteiger charge is 2.32. The molecule has 0 aromatic heterocycles. The molecule has 2 saturated heterocycles. The van der Waals surface area contributed by atoms with Crippen LogP contribution < -0.4 is 5.32 Å². The molecule has 3 rings (SSSR count). The largest absolute Gasteiger partial charge is 0.370 e. The number of carbonyl (C=O) groups is 1. The van der Waals surface area contributed by atoms with Crippen LogP contribution in [0.5, 0.6) is 0 Å². The van der Waals surface area contributed by atoms with Crippen LogP contribution in [-0.4, -0.2) is 43.1 Å². The molecule has 2 aliphatic rings. The molecule has 2 fully saturated rings. The van der Waals surface area contributed by atoms with Gasteiger partial charge >= 0.3 is 0 Å². The summed E-state index contributed by atoms with van der Waals surface area (Å²) < 4.78 is 6.05. The highest BCUT2D eigenvalue weighted by Crippen LogP contribution is 2.29. The number of piperidine rings is 1. The van der Waals surface area contributed by atoms with Crippen LogP contribution >= 0.6 is 12.4 Å². The number of benzene rings is 1. The predicted molar refractivity (Wildman–Crippen MR) is 108 cm³/mol. The number of hydrogen-bond acceptors (Lipinski definition) is 3. The van der Waals surface area contributed by atoms with Crippen molar-refractivity contribution in [2.75, 3.05) is 26.2 Å². The first kappa shape index (κ1) is 21.2. The number of nitrogens with one attached hydrogen (secondary N) is 1. The molecule has 4 nitrogen and oxygen atoms in total. The predicted octanol–water partition coefficient (Wildman–Crippen LogP) is 3.73. The Morgan fingerprint density at radius 2 is 2.15 bits per heavy atom. The van der Waals surface area contributed by atoms with Gasteiger partial charge in [0.05, 0.1) is 19.2 Å². The van der Waals surface area contributed by atoms with Crippen LogP contribution in [0.25, 0.3) is 0 Å². The minimum atomic E-state index is -0.00648. The van der Waals surface area contributed by atoms with Crippen LogP contribution in [0.1, 0.15) is 50.3 Å². The van der Waals surface area contributed by atoms with Gasteiger partial charge in [-0.05, 0) is 62.7 Å². The van der Waals surface area contributed by atoms with E-state index in [2.05, 4.69) is 38.2 Å². The van der Waals surface area contributed by atoms with Gasteiger partial charge in [0.15, 0.2) is 0 Å². The minimum Gasteiger partial charge on any atom is -0.370 e. The van der Waals surface area contributed by atoms with Crippen molar-refractivity contribution in [2.45, 2.75) is 52.2 Å². The van der Waals surface area contributed by atoms with E-state index in [0.29, 0.717) is 31.4 Å². The van der Waals surface area contributed by atoms with Crippen molar-refractivity contribution in [3.8, 4) is 0 Å². The highest BCUT2D eigenvalue weighted by atomic mass is 35.5. The Kier molecular flexibility index (Phi) is 7.93. The van der Waals surface area contributed by atoms with Crippen molar-refractivity contribution >= 4 is 18.3 Å². The Morgan fingerprint density at radius 1 is 1.38 bits per heavy atom. The highest BCUT2D eigenvalue weighted by molar-refractivity contribution is 5.85. The average Bonchev–Trinajstić information content (AvgIpc) is 2.63. The topological polar surface area (TPSA) is 41.6 Å². The third kappa shape index (κ3) is 4.99. The lowest BCUT2D eigenvalue weighted by Crippen LogP contribution is -2.49. The average molecular weight is 381 g/mol. The zero-order chi connectivity index (χ0) is 17.8. The lowest BCUT2D eigenvalue weighted by Gasteiger charge is -2.39. The Balaban J connectivity index is 0.00000243. The SMILES string of the molecule is Cc1ccccc1C1CN(C(=O)CC(C)C2CCCNC2)C(C)CO1.Cl. The molecule has 1 aromatic rings. The second-order valence-electron chi connectivity index (χ2n) is 7.86. The molecule has 1 amide bonds. The first-order chi connectivity index (χ1) is 12.1. The number of ether oxygens (including phenoxy) is 1. The second-order valence-corrected chi connectivity index (χ2v) is 7.86. The summed E-state index contributed by atoms with van der Waals surface area (Å²) in [7, 11) is 0. The summed E-state index contributed by atoms with van der Waals surface area (Å²) in [5, 5.41) is 3.47. The molecule has 0 spiro atoms. The minimum absolute atomic E-state index is 0. The van der Waals surface area contributed by atoms with Gasteiger partial charge in [-0.2, -0.15) is 0 Å². The van der Waals surface area contributed by atoms with E-state index in [1.54, 1.807) is 0 Å². The van der Waals surface area contributed by atoms with E-state index in [0.717, 1.165) is 13.1 Å². The maximum absolute atomic E-state index is 13.0. The van der Waals surface area contributed by atoms with Crippen LogP contribution in [0, 0.1) is 18.8 Å². The van der Waals surface area contributed by atoms with E-state index in [1.807, 2.05) is 17.0 Å². The molecule has 1 aromatic carbocycles. The van der Waals surface area contributed by atoms with E-state index in [1.165, 1.54) is 24.0 Å². The smallest absolute Gasteiger partial charge is 0.223 e. The summed E-state index contributed by atoms with van der Waals surface area (Å²) in [4.78, 5) is 15.0. The van der Waals surface area contributed by atoms with Crippen molar-refractivity contribution < 1.29 is 9.53 Å². The van der Waals surface area contributed by atoms with Crippen LogP contribution in [0.4, 0.5) is 0 Å². The Hall–Kier alpha value is -1.10. The van der Waals surface area contributed by atoms with Gasteiger partial charge < -0.3 is 15.0 Å². The standard InChI is InChI=1S/C21H32N2O2.ClH/c1-15-7-4-5-9-19(15)20-13-23(17(3)14-25-20)21(24)11-16(2)18-8-6-10-22-12-18;/h4-5,7,9,16-18,20,22H,6,8,10-14H2,1-3H3;1H. The molecular weight excluding hydrogens is 348 g/mol. The summed E-state index contributed by atoms with van der Waals surface area (Å²) >= 11 is 0. The second kappa shape index (κ2) is 9.72. The van der Waals surface area contributed by atoms with Crippen molar-refractivity contribution in [1.82, 2.24) is 10.2 Å². The summed E-state index contributed by atoms with van der Waals surface area (Å²) in [6, 6.07) is 8.49. The van der Waals surface area contributed by atoms with Gasteiger partial charge in [0.2, 0.25) is 5.91 Å². The first-order valence-corrected chi connectivity index (χ1v) is 9.73. The fourth-order valence-corrected chi connectivity index (χ4v) is 4.16. The molecular formula is C21H33ClN2O2. The molecule has 0 aliphatic carbocycles. The van der Waals surface area contributed by atoms with Gasteiger partial charge in [-0.1, -0.05) is 31.2 Å². The van der Waals surface area contributed by atoms with Crippen molar-refractivity contribution in [3.63, 3.8) is 0 Å². The van der Waals surface area contributed by atoms with Gasteiger partial charge in [-0.15, -0.1) is 12.4 Å². The lowest BCUT2D eigenvalue weighted by molar-refractivity contribution is -0.145. The Labute approximate surface area is 164 Å². The third-order valence-electron chi connectivity index (χ3n) is 5.93. The summed E-state index contributed by atoms with van der Waals surface area (Å²) in [5.74, 6) is 1.35. The van der Waals surface area contributed by atoms with Crippen LogP contribution in [-0.2, 0) is 9.53 Å². The molecule has 2 aliphatic heterocycles. The van der Waals surface area contributed by atoms with Gasteiger partial charge in [-0.25, -0.2) is 0 Å². The van der Waals surface area contributed by atoms with Gasteiger partial charge in [-0.3, -0.25) is 4.79 Å². The van der Waals surface area contributed by atoms with E-state index in [9.17, 15) is 4.79 Å². The number of carbonyl (C=O) groups excluding carboxylic acids is 1. The number of morpholine rings is 1. The molecule has 26 heavy (non-hydrogen) atoms. The van der Waals surface area contributed by atoms with Crippen molar-refractivity contribution in [2.24, 2.45) is 11.8 Å². The van der Waals surface area contributed by atoms with Crippen molar-refractivity contribution in [3.05, 3.63) is 35.4 Å². The number of hydrogen-bond donors (Lipinski definition) is 1. The fourth-order valence-electron chi connectivity index (χ4n) is 4.16. The van der Waals surface area contributed by atoms with E-state index >= 15 is 0 Å².